The van der Waals surface area contributed by atoms with Crippen molar-refractivity contribution >= 4 is 29.0 Å². The molecule has 0 saturated carbocycles. The van der Waals surface area contributed by atoms with Gasteiger partial charge in [0.1, 0.15) is 11.4 Å². The Balaban J connectivity index is 1.74. The molecule has 1 spiro atoms. The number of hydrogen-bond acceptors (Lipinski definition) is 4. The highest BCUT2D eigenvalue weighted by Gasteiger charge is 2.64. The standard InChI is InChI=1S/C23H18ClFN2O3/c1-27-12-16(13-4-6-14(24)7-5-13)20(21(28)19-3-2-10-30-19)23(27)17-11-15(25)8-9-18(17)26-22(23)29/h2-11,16,20H,12H2,1H3,(H,26,29)/t16-,20+,23-/m1/s1. The minimum atomic E-state index is -1.34. The molecule has 1 fully saturated rings. The third kappa shape index (κ3) is 2.57. The molecule has 5 rings (SSSR count). The maximum atomic E-state index is 14.2. The van der Waals surface area contributed by atoms with Gasteiger partial charge in [-0.15, -0.1) is 0 Å². The Kier molecular flexibility index (Phi) is 4.31. The van der Waals surface area contributed by atoms with E-state index in [1.807, 2.05) is 17.0 Å². The van der Waals surface area contributed by atoms with Crippen LogP contribution in [-0.4, -0.2) is 30.2 Å². The fourth-order valence-corrected chi connectivity index (χ4v) is 5.12. The van der Waals surface area contributed by atoms with Gasteiger partial charge in [-0.2, -0.15) is 0 Å². The average molecular weight is 425 g/mol. The van der Waals surface area contributed by atoms with Crippen molar-refractivity contribution in [1.82, 2.24) is 4.90 Å². The lowest BCUT2D eigenvalue weighted by Crippen LogP contribution is -2.51. The van der Waals surface area contributed by atoms with E-state index in [4.69, 9.17) is 16.0 Å². The van der Waals surface area contributed by atoms with E-state index in [0.717, 1.165) is 5.56 Å². The Labute approximate surface area is 177 Å². The molecule has 1 saturated heterocycles. The monoisotopic (exact) mass is 424 g/mol. The molecule has 3 aromatic rings. The fraction of sp³-hybridized carbons (Fsp3) is 0.217. The number of nitrogens with zero attached hydrogens (tertiary/aromatic N) is 1. The lowest BCUT2D eigenvalue weighted by Gasteiger charge is -2.35. The number of halogens is 2. The van der Waals surface area contributed by atoms with Crippen molar-refractivity contribution < 1.29 is 18.4 Å². The van der Waals surface area contributed by atoms with Gasteiger partial charge in [0.05, 0.1) is 12.2 Å². The van der Waals surface area contributed by atoms with Crippen LogP contribution in [0.4, 0.5) is 10.1 Å². The van der Waals surface area contributed by atoms with Crippen LogP contribution in [0.3, 0.4) is 0 Å². The zero-order chi connectivity index (χ0) is 21.0. The molecule has 2 aliphatic heterocycles. The maximum Gasteiger partial charge on any atom is 0.250 e. The van der Waals surface area contributed by atoms with Gasteiger partial charge < -0.3 is 9.73 Å². The summed E-state index contributed by atoms with van der Waals surface area (Å²) in [6.07, 6.45) is 1.43. The highest BCUT2D eigenvalue weighted by Crippen LogP contribution is 2.55. The quantitative estimate of drug-likeness (QED) is 0.631. The maximum absolute atomic E-state index is 14.2. The lowest BCUT2D eigenvalue weighted by molar-refractivity contribution is -0.126. The molecule has 1 amide bonds. The molecule has 3 heterocycles. The zero-order valence-corrected chi connectivity index (χ0v) is 16.8. The number of likely N-dealkylation sites (tertiary alicyclic amines) is 1. The topological polar surface area (TPSA) is 62.6 Å². The molecule has 3 atom stereocenters. The molecule has 1 aromatic heterocycles. The van der Waals surface area contributed by atoms with E-state index >= 15 is 0 Å². The van der Waals surface area contributed by atoms with E-state index < -0.39 is 17.3 Å². The van der Waals surface area contributed by atoms with E-state index in [-0.39, 0.29) is 23.4 Å². The van der Waals surface area contributed by atoms with Crippen molar-refractivity contribution in [2.24, 2.45) is 5.92 Å². The van der Waals surface area contributed by atoms with Gasteiger partial charge in [-0.3, -0.25) is 14.5 Å². The number of carbonyl (C=O) groups is 2. The van der Waals surface area contributed by atoms with E-state index in [0.29, 0.717) is 22.8 Å². The number of hydrogen-bond donors (Lipinski definition) is 1. The largest absolute Gasteiger partial charge is 0.461 e. The summed E-state index contributed by atoms with van der Waals surface area (Å²) < 4.78 is 19.6. The number of rotatable bonds is 3. The van der Waals surface area contributed by atoms with E-state index in [9.17, 15) is 14.0 Å². The van der Waals surface area contributed by atoms with Gasteiger partial charge in [-0.05, 0) is 55.1 Å². The third-order valence-electron chi connectivity index (χ3n) is 6.26. The molecule has 0 bridgehead atoms. The highest BCUT2D eigenvalue weighted by molar-refractivity contribution is 6.30. The number of anilines is 1. The lowest BCUT2D eigenvalue weighted by atomic mass is 9.71. The highest BCUT2D eigenvalue weighted by atomic mass is 35.5. The summed E-state index contributed by atoms with van der Waals surface area (Å²) in [5.41, 5.74) is 0.523. The second-order valence-electron chi connectivity index (χ2n) is 7.77. The average Bonchev–Trinajstić information content (AvgIpc) is 3.42. The second-order valence-corrected chi connectivity index (χ2v) is 8.20. The van der Waals surface area contributed by atoms with Crippen LogP contribution >= 0.6 is 11.6 Å². The van der Waals surface area contributed by atoms with Gasteiger partial charge >= 0.3 is 0 Å². The van der Waals surface area contributed by atoms with Crippen LogP contribution in [0.25, 0.3) is 0 Å². The Morgan fingerprint density at radius 2 is 2.00 bits per heavy atom. The summed E-state index contributed by atoms with van der Waals surface area (Å²) in [4.78, 5) is 28.9. The number of benzene rings is 2. The van der Waals surface area contributed by atoms with Crippen LogP contribution in [-0.2, 0) is 10.3 Å². The molecule has 1 N–H and O–H groups in total. The first-order valence-electron chi connectivity index (χ1n) is 9.59. The van der Waals surface area contributed by atoms with Crippen molar-refractivity contribution in [3.8, 4) is 0 Å². The van der Waals surface area contributed by atoms with Gasteiger partial charge in [0.25, 0.3) is 0 Å². The predicted octanol–water partition coefficient (Wildman–Crippen LogP) is 4.45. The Bertz CT molecular complexity index is 1150. The van der Waals surface area contributed by atoms with Crippen LogP contribution < -0.4 is 5.32 Å². The SMILES string of the molecule is CN1C[C@H](c2ccc(Cl)cc2)[C@@H](C(=O)c2ccco2)[C@]12C(=O)Nc1ccc(F)cc12. The van der Waals surface area contributed by atoms with Crippen molar-refractivity contribution in [1.29, 1.82) is 0 Å². The van der Waals surface area contributed by atoms with Crippen LogP contribution in [0.5, 0.6) is 0 Å². The van der Waals surface area contributed by atoms with Gasteiger partial charge in [0.15, 0.2) is 5.76 Å². The first-order valence-corrected chi connectivity index (χ1v) is 9.96. The van der Waals surface area contributed by atoms with Gasteiger partial charge in [0.2, 0.25) is 11.7 Å². The first-order chi connectivity index (χ1) is 14.4. The van der Waals surface area contributed by atoms with E-state index in [2.05, 4.69) is 5.32 Å². The predicted molar refractivity (Wildman–Crippen MR) is 110 cm³/mol. The molecular formula is C23H18ClFN2O3. The molecule has 152 valence electrons. The number of amides is 1. The molecule has 0 radical (unpaired) electrons. The number of nitrogens with one attached hydrogen (secondary N) is 1. The smallest absolute Gasteiger partial charge is 0.250 e. The Morgan fingerprint density at radius 3 is 2.70 bits per heavy atom. The van der Waals surface area contributed by atoms with Crippen LogP contribution in [0.2, 0.25) is 5.02 Å². The second kappa shape index (κ2) is 6.79. The van der Waals surface area contributed by atoms with Crippen molar-refractivity contribution in [2.45, 2.75) is 11.5 Å². The molecule has 7 heteroatoms. The van der Waals surface area contributed by atoms with Crippen molar-refractivity contribution in [2.75, 3.05) is 18.9 Å². The molecule has 2 aromatic carbocycles. The number of Topliss-reactive ketones (excluding diaryl/α,β-unsaturated/α-hetero) is 1. The summed E-state index contributed by atoms with van der Waals surface area (Å²) in [5.74, 6) is -2.05. The van der Waals surface area contributed by atoms with Crippen LogP contribution in [0.1, 0.15) is 27.6 Å². The first kappa shape index (κ1) is 19.0. The summed E-state index contributed by atoms with van der Waals surface area (Å²) >= 11 is 6.06. The van der Waals surface area contributed by atoms with Gasteiger partial charge in [-0.25, -0.2) is 4.39 Å². The van der Waals surface area contributed by atoms with Gasteiger partial charge in [0, 0.05) is 28.7 Å². The zero-order valence-electron chi connectivity index (χ0n) is 16.1. The Hall–Kier alpha value is -2.96. The Morgan fingerprint density at radius 1 is 1.23 bits per heavy atom. The molecule has 0 unspecified atom stereocenters. The minimum absolute atomic E-state index is 0.172. The normalized spacial score (nSPS) is 25.5. The number of fused-ring (bicyclic) bond motifs is 2. The van der Waals surface area contributed by atoms with Crippen molar-refractivity contribution in [3.63, 3.8) is 0 Å². The molecule has 2 aliphatic rings. The minimum Gasteiger partial charge on any atom is -0.461 e. The number of carbonyl (C=O) groups excluding carboxylic acids is 2. The molecule has 0 aliphatic carbocycles. The molecular weight excluding hydrogens is 407 g/mol. The summed E-state index contributed by atoms with van der Waals surface area (Å²) in [6, 6.07) is 14.7. The molecule has 5 nitrogen and oxygen atoms in total. The summed E-state index contributed by atoms with van der Waals surface area (Å²) in [6.45, 7) is 0.433. The van der Waals surface area contributed by atoms with Gasteiger partial charge in [-0.1, -0.05) is 23.7 Å². The summed E-state index contributed by atoms with van der Waals surface area (Å²) in [5, 5.41) is 3.43. The van der Waals surface area contributed by atoms with Crippen LogP contribution in [0, 0.1) is 11.7 Å². The van der Waals surface area contributed by atoms with E-state index in [1.165, 1.54) is 24.5 Å². The van der Waals surface area contributed by atoms with Crippen molar-refractivity contribution in [3.05, 3.63) is 88.6 Å². The van der Waals surface area contributed by atoms with Crippen LogP contribution in [0.15, 0.2) is 65.3 Å². The number of likely N-dealkylation sites (N-methyl/N-ethyl adjacent to an activating group) is 1. The third-order valence-corrected chi connectivity index (χ3v) is 6.51. The summed E-state index contributed by atoms with van der Waals surface area (Å²) in [7, 11) is 1.79. The number of ketones is 1. The fourth-order valence-electron chi connectivity index (χ4n) is 4.99. The molecule has 30 heavy (non-hydrogen) atoms. The number of furan rings is 1. The van der Waals surface area contributed by atoms with E-state index in [1.54, 1.807) is 31.3 Å².